The van der Waals surface area contributed by atoms with Crippen molar-refractivity contribution in [3.05, 3.63) is 52.5 Å². The van der Waals surface area contributed by atoms with Crippen LogP contribution >= 0.6 is 15.9 Å². The average Bonchev–Trinajstić information content (AvgIpc) is 3.18. The molecule has 0 spiro atoms. The van der Waals surface area contributed by atoms with Gasteiger partial charge in [0.2, 0.25) is 12.7 Å². The zero-order valence-electron chi connectivity index (χ0n) is 13.2. The fourth-order valence-electron chi connectivity index (χ4n) is 2.94. The van der Waals surface area contributed by atoms with Gasteiger partial charge in [-0.1, -0.05) is 22.0 Å². The lowest BCUT2D eigenvalue weighted by Gasteiger charge is -2.15. The maximum absolute atomic E-state index is 12.6. The molecule has 2 aromatic carbocycles. The second-order valence-corrected chi connectivity index (χ2v) is 6.78. The van der Waals surface area contributed by atoms with E-state index in [0.29, 0.717) is 18.0 Å². The van der Waals surface area contributed by atoms with Gasteiger partial charge in [0.1, 0.15) is 0 Å². The van der Waals surface area contributed by atoms with Crippen molar-refractivity contribution in [2.45, 2.75) is 19.0 Å². The van der Waals surface area contributed by atoms with Crippen LogP contribution in [-0.2, 0) is 16.1 Å². The minimum atomic E-state index is -0.526. The number of halogens is 1. The molecule has 6 nitrogen and oxygen atoms in total. The minimum Gasteiger partial charge on any atom is -0.454 e. The molecule has 1 unspecified atom stereocenters. The standard InChI is InChI=1S/C18H15BrN2O4/c19-12-2-4-13(5-3-12)21-17(22)8-14(18(21)23)20-9-11-1-6-15-16(7-11)25-10-24-15/h1-7,14,20H,8-10H2. The van der Waals surface area contributed by atoms with E-state index in [-0.39, 0.29) is 25.0 Å². The predicted molar refractivity (Wildman–Crippen MR) is 94.4 cm³/mol. The second-order valence-electron chi connectivity index (χ2n) is 5.87. The van der Waals surface area contributed by atoms with Gasteiger partial charge in [-0.25, -0.2) is 4.90 Å². The van der Waals surface area contributed by atoms with E-state index in [4.69, 9.17) is 9.47 Å². The first-order valence-corrected chi connectivity index (χ1v) is 8.65. The molecule has 25 heavy (non-hydrogen) atoms. The highest BCUT2D eigenvalue weighted by molar-refractivity contribution is 9.10. The third kappa shape index (κ3) is 3.12. The maximum atomic E-state index is 12.6. The van der Waals surface area contributed by atoms with Crippen molar-refractivity contribution >= 4 is 33.4 Å². The molecule has 0 aromatic heterocycles. The van der Waals surface area contributed by atoms with Crippen molar-refractivity contribution in [2.24, 2.45) is 0 Å². The summed E-state index contributed by atoms with van der Waals surface area (Å²) in [6.07, 6.45) is 0.152. The largest absolute Gasteiger partial charge is 0.454 e. The van der Waals surface area contributed by atoms with Crippen LogP contribution in [0.25, 0.3) is 0 Å². The molecule has 1 saturated heterocycles. The van der Waals surface area contributed by atoms with E-state index >= 15 is 0 Å². The molecule has 0 saturated carbocycles. The number of hydrogen-bond acceptors (Lipinski definition) is 5. The molecular weight excluding hydrogens is 388 g/mol. The Morgan fingerprint density at radius 3 is 2.64 bits per heavy atom. The highest BCUT2D eigenvalue weighted by atomic mass is 79.9. The van der Waals surface area contributed by atoms with Crippen LogP contribution in [0, 0.1) is 0 Å². The van der Waals surface area contributed by atoms with Crippen LogP contribution in [0.15, 0.2) is 46.9 Å². The number of amides is 2. The van der Waals surface area contributed by atoms with E-state index in [1.165, 1.54) is 4.90 Å². The van der Waals surface area contributed by atoms with Crippen LogP contribution in [0.5, 0.6) is 11.5 Å². The number of carbonyl (C=O) groups excluding carboxylic acids is 2. The molecular formula is C18H15BrN2O4. The van der Waals surface area contributed by atoms with Crippen molar-refractivity contribution in [3.63, 3.8) is 0 Å². The van der Waals surface area contributed by atoms with Gasteiger partial charge in [0, 0.05) is 11.0 Å². The van der Waals surface area contributed by atoms with Gasteiger partial charge in [0.05, 0.1) is 18.2 Å². The fraction of sp³-hybridized carbons (Fsp3) is 0.222. The number of nitrogens with zero attached hydrogens (tertiary/aromatic N) is 1. The molecule has 2 aliphatic heterocycles. The fourth-order valence-corrected chi connectivity index (χ4v) is 3.21. The number of ether oxygens (including phenoxy) is 2. The van der Waals surface area contributed by atoms with Crippen molar-refractivity contribution < 1.29 is 19.1 Å². The maximum Gasteiger partial charge on any atom is 0.251 e. The zero-order chi connectivity index (χ0) is 17.4. The van der Waals surface area contributed by atoms with Gasteiger partial charge < -0.3 is 14.8 Å². The average molecular weight is 403 g/mol. The summed E-state index contributed by atoms with van der Waals surface area (Å²) in [4.78, 5) is 26.1. The molecule has 2 aliphatic rings. The van der Waals surface area contributed by atoms with Gasteiger partial charge in [-0.2, -0.15) is 0 Å². The van der Waals surface area contributed by atoms with Crippen LogP contribution in [-0.4, -0.2) is 24.6 Å². The van der Waals surface area contributed by atoms with Gasteiger partial charge in [-0.05, 0) is 42.0 Å². The highest BCUT2D eigenvalue weighted by Gasteiger charge is 2.39. The molecule has 2 heterocycles. The summed E-state index contributed by atoms with van der Waals surface area (Å²) in [6.45, 7) is 0.693. The first kappa shape index (κ1) is 16.1. The third-order valence-electron chi connectivity index (χ3n) is 4.22. The summed E-state index contributed by atoms with van der Waals surface area (Å²) < 4.78 is 11.5. The van der Waals surface area contributed by atoms with Gasteiger partial charge >= 0.3 is 0 Å². The molecule has 7 heteroatoms. The van der Waals surface area contributed by atoms with E-state index in [0.717, 1.165) is 15.8 Å². The summed E-state index contributed by atoms with van der Waals surface area (Å²) >= 11 is 3.35. The zero-order valence-corrected chi connectivity index (χ0v) is 14.8. The Bertz CT molecular complexity index is 837. The molecule has 1 atom stereocenters. The Morgan fingerprint density at radius 2 is 1.84 bits per heavy atom. The number of imide groups is 1. The quantitative estimate of drug-likeness (QED) is 0.796. The molecule has 0 bridgehead atoms. The van der Waals surface area contributed by atoms with Gasteiger partial charge in [0.25, 0.3) is 5.91 Å². The first-order chi connectivity index (χ1) is 12.1. The number of rotatable bonds is 4. The first-order valence-electron chi connectivity index (χ1n) is 7.86. The molecule has 0 radical (unpaired) electrons. The normalized spacial score (nSPS) is 18.9. The molecule has 2 aromatic rings. The van der Waals surface area contributed by atoms with Crippen molar-refractivity contribution in [1.82, 2.24) is 5.32 Å². The third-order valence-corrected chi connectivity index (χ3v) is 4.75. The molecule has 1 N–H and O–H groups in total. The number of nitrogens with one attached hydrogen (secondary N) is 1. The number of carbonyl (C=O) groups is 2. The Balaban J connectivity index is 1.44. The topological polar surface area (TPSA) is 67.9 Å². The Hall–Kier alpha value is -2.38. The Labute approximate surface area is 152 Å². The predicted octanol–water partition coefficient (Wildman–Crippen LogP) is 2.60. The lowest BCUT2D eigenvalue weighted by atomic mass is 10.1. The van der Waals surface area contributed by atoms with Crippen LogP contribution in [0.1, 0.15) is 12.0 Å². The van der Waals surface area contributed by atoms with E-state index in [1.54, 1.807) is 12.1 Å². The molecule has 4 rings (SSSR count). The molecule has 0 aliphatic carbocycles. The number of fused-ring (bicyclic) bond motifs is 1. The van der Waals surface area contributed by atoms with Gasteiger partial charge in [-0.3, -0.25) is 9.59 Å². The van der Waals surface area contributed by atoms with Crippen molar-refractivity contribution in [1.29, 1.82) is 0 Å². The second kappa shape index (κ2) is 6.50. The van der Waals surface area contributed by atoms with Crippen LogP contribution in [0.2, 0.25) is 0 Å². The van der Waals surface area contributed by atoms with Crippen molar-refractivity contribution in [2.75, 3.05) is 11.7 Å². The molecule has 1 fully saturated rings. The highest BCUT2D eigenvalue weighted by Crippen LogP contribution is 2.32. The number of anilines is 1. The van der Waals surface area contributed by atoms with Crippen LogP contribution in [0.4, 0.5) is 5.69 Å². The monoisotopic (exact) mass is 402 g/mol. The summed E-state index contributed by atoms with van der Waals surface area (Å²) in [6, 6.07) is 12.2. The van der Waals surface area contributed by atoms with E-state index < -0.39 is 6.04 Å². The Kier molecular flexibility index (Phi) is 4.19. The lowest BCUT2D eigenvalue weighted by Crippen LogP contribution is -2.38. The molecule has 2 amide bonds. The Morgan fingerprint density at radius 1 is 1.08 bits per heavy atom. The summed E-state index contributed by atoms with van der Waals surface area (Å²) in [5, 5.41) is 3.16. The SMILES string of the molecule is O=C1CC(NCc2ccc3c(c2)OCO3)C(=O)N1c1ccc(Br)cc1. The molecule has 128 valence electrons. The summed E-state index contributed by atoms with van der Waals surface area (Å²) in [5.41, 5.74) is 1.55. The van der Waals surface area contributed by atoms with Crippen molar-refractivity contribution in [3.8, 4) is 11.5 Å². The van der Waals surface area contributed by atoms with E-state index in [1.807, 2.05) is 30.3 Å². The minimum absolute atomic E-state index is 0.152. The smallest absolute Gasteiger partial charge is 0.251 e. The lowest BCUT2D eigenvalue weighted by molar-refractivity contribution is -0.121. The van der Waals surface area contributed by atoms with Crippen LogP contribution in [0.3, 0.4) is 0 Å². The van der Waals surface area contributed by atoms with Crippen LogP contribution < -0.4 is 19.7 Å². The number of benzene rings is 2. The summed E-state index contributed by atoms with van der Waals surface area (Å²) in [5.74, 6) is 0.991. The number of hydrogen-bond donors (Lipinski definition) is 1. The summed E-state index contributed by atoms with van der Waals surface area (Å²) in [7, 11) is 0. The van der Waals surface area contributed by atoms with Gasteiger partial charge in [0.15, 0.2) is 11.5 Å². The van der Waals surface area contributed by atoms with E-state index in [9.17, 15) is 9.59 Å². The van der Waals surface area contributed by atoms with Gasteiger partial charge in [-0.15, -0.1) is 0 Å². The van der Waals surface area contributed by atoms with E-state index in [2.05, 4.69) is 21.2 Å².